The van der Waals surface area contributed by atoms with Crippen LogP contribution in [-0.2, 0) is 0 Å². The molecule has 2 rings (SSSR count). The molecule has 80 valence electrons. The van der Waals surface area contributed by atoms with Gasteiger partial charge in [-0.15, -0.1) is 0 Å². The fourth-order valence-corrected chi connectivity index (χ4v) is 1.31. The lowest BCUT2D eigenvalue weighted by atomic mass is 10.2. The number of aliphatic hydroxyl groups is 1. The average molecular weight is 207 g/mol. The SMILES string of the molecule is [O-]N1NC(=NCCO)Nc2ccccc21. The van der Waals surface area contributed by atoms with E-state index in [0.29, 0.717) is 22.5 Å². The second-order valence-electron chi connectivity index (χ2n) is 3.00. The van der Waals surface area contributed by atoms with Gasteiger partial charge < -0.3 is 20.8 Å². The number of aliphatic hydroxyl groups excluding tert-OH is 1. The summed E-state index contributed by atoms with van der Waals surface area (Å²) in [4.78, 5) is 3.95. The molecule has 1 heterocycles. The van der Waals surface area contributed by atoms with Crippen molar-refractivity contribution < 1.29 is 5.11 Å². The summed E-state index contributed by atoms with van der Waals surface area (Å²) in [5.41, 5.74) is 3.72. The largest absolute Gasteiger partial charge is 0.739 e. The minimum Gasteiger partial charge on any atom is -0.739 e. The molecule has 0 atom stereocenters. The first-order valence-corrected chi connectivity index (χ1v) is 4.56. The molecule has 6 nitrogen and oxygen atoms in total. The maximum Gasteiger partial charge on any atom is 0.214 e. The van der Waals surface area contributed by atoms with Crippen LogP contribution in [-0.4, -0.2) is 24.2 Å². The Balaban J connectivity index is 2.22. The fourth-order valence-electron chi connectivity index (χ4n) is 1.31. The maximum atomic E-state index is 11.5. The molecule has 0 bridgehead atoms. The highest BCUT2D eigenvalue weighted by molar-refractivity contribution is 6.00. The van der Waals surface area contributed by atoms with E-state index in [9.17, 15) is 5.21 Å². The van der Waals surface area contributed by atoms with Gasteiger partial charge in [0.25, 0.3) is 0 Å². The molecule has 0 saturated carbocycles. The van der Waals surface area contributed by atoms with Gasteiger partial charge in [0.05, 0.1) is 24.5 Å². The van der Waals surface area contributed by atoms with Crippen LogP contribution in [0.3, 0.4) is 0 Å². The number of para-hydroxylation sites is 2. The number of guanidine groups is 1. The van der Waals surface area contributed by atoms with Gasteiger partial charge in [0.1, 0.15) is 0 Å². The number of nitrogens with zero attached hydrogens (tertiary/aromatic N) is 2. The third-order valence-corrected chi connectivity index (χ3v) is 1.95. The Kier molecular flexibility index (Phi) is 2.70. The van der Waals surface area contributed by atoms with E-state index in [4.69, 9.17) is 5.11 Å². The molecule has 0 unspecified atom stereocenters. The van der Waals surface area contributed by atoms with Gasteiger partial charge in [-0.1, -0.05) is 12.1 Å². The zero-order valence-electron chi connectivity index (χ0n) is 7.97. The first kappa shape index (κ1) is 9.75. The molecule has 0 saturated heterocycles. The molecule has 0 spiro atoms. The number of hydrogen-bond donors (Lipinski definition) is 3. The number of hydrogen-bond acceptors (Lipinski definition) is 4. The van der Waals surface area contributed by atoms with E-state index >= 15 is 0 Å². The Labute approximate surface area is 86.8 Å². The van der Waals surface area contributed by atoms with E-state index in [1.165, 1.54) is 0 Å². The quantitative estimate of drug-likeness (QED) is 0.648. The molecular formula is C9H11N4O2-. The molecule has 1 aromatic carbocycles. The zero-order valence-corrected chi connectivity index (χ0v) is 7.97. The van der Waals surface area contributed by atoms with E-state index in [1.54, 1.807) is 18.2 Å². The molecule has 0 aliphatic carbocycles. The smallest absolute Gasteiger partial charge is 0.214 e. The van der Waals surface area contributed by atoms with Crippen LogP contribution in [0, 0.1) is 5.21 Å². The van der Waals surface area contributed by atoms with Gasteiger partial charge in [0, 0.05) is 0 Å². The fraction of sp³-hybridized carbons (Fsp3) is 0.222. The number of anilines is 2. The third-order valence-electron chi connectivity index (χ3n) is 1.95. The van der Waals surface area contributed by atoms with Crippen molar-refractivity contribution in [1.82, 2.24) is 5.43 Å². The van der Waals surface area contributed by atoms with Crippen molar-refractivity contribution in [3.8, 4) is 0 Å². The Morgan fingerprint density at radius 1 is 1.40 bits per heavy atom. The lowest BCUT2D eigenvalue weighted by molar-refractivity contribution is 0.306. The van der Waals surface area contributed by atoms with E-state index in [0.717, 1.165) is 0 Å². The first-order valence-electron chi connectivity index (χ1n) is 4.56. The lowest BCUT2D eigenvalue weighted by Crippen LogP contribution is -2.46. The van der Waals surface area contributed by atoms with E-state index in [1.807, 2.05) is 6.07 Å². The van der Waals surface area contributed by atoms with Crippen LogP contribution < -0.4 is 15.9 Å². The van der Waals surface area contributed by atoms with E-state index in [2.05, 4.69) is 15.7 Å². The van der Waals surface area contributed by atoms with Crippen LogP contribution >= 0.6 is 0 Å². The van der Waals surface area contributed by atoms with Crippen LogP contribution in [0.25, 0.3) is 0 Å². The third kappa shape index (κ3) is 2.00. The Morgan fingerprint density at radius 3 is 3.00 bits per heavy atom. The molecule has 0 aromatic heterocycles. The standard InChI is InChI=1S/C9H11N4O2/c14-6-5-10-9-11-7-3-1-2-4-8(7)13(15)12-9/h1-4,14H,5-6H2,(H2,10,11,12)/q-1. The topological polar surface area (TPSA) is 83.0 Å². The van der Waals surface area contributed by atoms with E-state index in [-0.39, 0.29) is 13.2 Å². The normalized spacial score (nSPS) is 16.9. The minimum absolute atomic E-state index is 0.0483. The van der Waals surface area contributed by atoms with Gasteiger partial charge in [-0.05, 0) is 12.1 Å². The first-order chi connectivity index (χ1) is 7.31. The molecule has 0 fully saturated rings. The van der Waals surface area contributed by atoms with Gasteiger partial charge in [0.2, 0.25) is 5.96 Å². The van der Waals surface area contributed by atoms with Crippen molar-refractivity contribution in [2.45, 2.75) is 0 Å². The zero-order chi connectivity index (χ0) is 10.7. The Hall–Kier alpha value is -1.79. The van der Waals surface area contributed by atoms with Crippen molar-refractivity contribution in [2.24, 2.45) is 4.99 Å². The van der Waals surface area contributed by atoms with Crippen LogP contribution in [0.2, 0.25) is 0 Å². The summed E-state index contributed by atoms with van der Waals surface area (Å²) >= 11 is 0. The van der Waals surface area contributed by atoms with Gasteiger partial charge in [-0.25, -0.2) is 4.99 Å². The second-order valence-corrected chi connectivity index (χ2v) is 3.00. The number of nitrogens with one attached hydrogen (secondary N) is 2. The Bertz CT molecular complexity index is 380. The summed E-state index contributed by atoms with van der Waals surface area (Å²) in [5.74, 6) is 0.345. The highest BCUT2D eigenvalue weighted by atomic mass is 16.5. The number of rotatable bonds is 2. The summed E-state index contributed by atoms with van der Waals surface area (Å²) in [6, 6.07) is 7.10. The van der Waals surface area contributed by atoms with Crippen molar-refractivity contribution in [2.75, 3.05) is 23.6 Å². The van der Waals surface area contributed by atoms with Crippen LogP contribution in [0.15, 0.2) is 29.3 Å². The van der Waals surface area contributed by atoms with Crippen molar-refractivity contribution >= 4 is 17.3 Å². The predicted molar refractivity (Wildman–Crippen MR) is 58.4 cm³/mol. The molecule has 1 aliphatic rings. The molecule has 15 heavy (non-hydrogen) atoms. The van der Waals surface area contributed by atoms with Crippen LogP contribution in [0.5, 0.6) is 0 Å². The number of benzene rings is 1. The van der Waals surface area contributed by atoms with Crippen LogP contribution in [0.4, 0.5) is 11.4 Å². The lowest BCUT2D eigenvalue weighted by Gasteiger charge is -2.38. The highest BCUT2D eigenvalue weighted by Crippen LogP contribution is 2.26. The monoisotopic (exact) mass is 207 g/mol. The maximum absolute atomic E-state index is 11.5. The average Bonchev–Trinajstić information content (AvgIpc) is 2.26. The molecule has 1 aromatic rings. The molecule has 6 heteroatoms. The number of fused-ring (bicyclic) bond motifs is 1. The Morgan fingerprint density at radius 2 is 2.20 bits per heavy atom. The van der Waals surface area contributed by atoms with Gasteiger partial charge in [-0.2, -0.15) is 0 Å². The van der Waals surface area contributed by atoms with E-state index < -0.39 is 0 Å². The number of aliphatic imine (C=N–C) groups is 1. The predicted octanol–water partition coefficient (Wildman–Crippen LogP) is 0.269. The summed E-state index contributed by atoms with van der Waals surface area (Å²) in [7, 11) is 0. The molecule has 0 amide bonds. The van der Waals surface area contributed by atoms with Crippen molar-refractivity contribution in [3.05, 3.63) is 29.5 Å². The number of hydrazine groups is 1. The van der Waals surface area contributed by atoms with Gasteiger partial charge >= 0.3 is 0 Å². The second kappa shape index (κ2) is 4.16. The summed E-state index contributed by atoms with van der Waals surface area (Å²) in [6.07, 6.45) is 0. The van der Waals surface area contributed by atoms with Gasteiger partial charge in [-0.3, -0.25) is 5.43 Å². The van der Waals surface area contributed by atoms with Gasteiger partial charge in [0.15, 0.2) is 0 Å². The molecule has 0 radical (unpaired) electrons. The molecule has 3 N–H and O–H groups in total. The minimum atomic E-state index is -0.0483. The van der Waals surface area contributed by atoms with Crippen LogP contribution in [0.1, 0.15) is 0 Å². The summed E-state index contributed by atoms with van der Waals surface area (Å²) in [5, 5.41) is 23.7. The summed E-state index contributed by atoms with van der Waals surface area (Å²) < 4.78 is 0. The molecular weight excluding hydrogens is 196 g/mol. The van der Waals surface area contributed by atoms with Crippen molar-refractivity contribution in [1.29, 1.82) is 0 Å². The molecule has 1 aliphatic heterocycles. The summed E-state index contributed by atoms with van der Waals surface area (Å²) in [6.45, 7) is 0.207. The highest BCUT2D eigenvalue weighted by Gasteiger charge is 2.12. The van der Waals surface area contributed by atoms with Crippen molar-refractivity contribution in [3.63, 3.8) is 0 Å².